The monoisotopic (exact) mass is 266 g/mol. The van der Waals surface area contributed by atoms with E-state index in [0.717, 1.165) is 31.1 Å². The molecular weight excluding hydrogens is 243 g/mol. The van der Waals surface area contributed by atoms with Crippen LogP contribution in [0.5, 0.6) is 5.75 Å². The first-order valence-electron chi connectivity index (χ1n) is 7.11. The summed E-state index contributed by atoms with van der Waals surface area (Å²) in [6, 6.07) is 4.23. The fraction of sp³-hybridized carbons (Fsp3) is 0.600. The van der Waals surface area contributed by atoms with Crippen LogP contribution in [0, 0.1) is 5.82 Å². The minimum atomic E-state index is -0.400. The molecule has 1 unspecified atom stereocenters. The van der Waals surface area contributed by atoms with Gasteiger partial charge in [0.15, 0.2) is 0 Å². The normalized spacial score (nSPS) is 17.8. The molecule has 1 aliphatic heterocycles. The first-order valence-corrected chi connectivity index (χ1v) is 7.11. The van der Waals surface area contributed by atoms with Crippen molar-refractivity contribution in [1.29, 1.82) is 0 Å². The molecule has 19 heavy (non-hydrogen) atoms. The Morgan fingerprint density at radius 1 is 1.37 bits per heavy atom. The average Bonchev–Trinajstić information content (AvgIpc) is 2.87. The summed E-state index contributed by atoms with van der Waals surface area (Å²) < 4.78 is 12.9. The van der Waals surface area contributed by atoms with E-state index < -0.39 is 5.82 Å². The topological polar surface area (TPSA) is 35.5 Å². The number of aromatic hydroxyl groups is 1. The van der Waals surface area contributed by atoms with Crippen molar-refractivity contribution in [2.24, 2.45) is 0 Å². The smallest absolute Gasteiger partial charge is 0.126 e. The average molecular weight is 266 g/mol. The maximum atomic E-state index is 12.9. The van der Waals surface area contributed by atoms with Gasteiger partial charge in [0, 0.05) is 17.7 Å². The van der Waals surface area contributed by atoms with Gasteiger partial charge in [-0.3, -0.25) is 0 Å². The van der Waals surface area contributed by atoms with Gasteiger partial charge in [-0.2, -0.15) is 0 Å². The Hall–Kier alpha value is -1.13. The van der Waals surface area contributed by atoms with Crippen LogP contribution in [0.4, 0.5) is 4.39 Å². The number of phenols is 1. The number of nitrogens with one attached hydrogen (secondary N) is 1. The predicted octanol–water partition coefficient (Wildman–Crippen LogP) is 2.67. The summed E-state index contributed by atoms with van der Waals surface area (Å²) in [5, 5.41) is 13.1. The third kappa shape index (κ3) is 4.18. The quantitative estimate of drug-likeness (QED) is 0.777. The fourth-order valence-corrected chi connectivity index (χ4v) is 2.62. The van der Waals surface area contributed by atoms with Crippen LogP contribution in [0.3, 0.4) is 0 Å². The lowest BCUT2D eigenvalue weighted by molar-refractivity contribution is 0.328. The molecule has 106 valence electrons. The zero-order valence-electron chi connectivity index (χ0n) is 11.5. The summed E-state index contributed by atoms with van der Waals surface area (Å²) in [7, 11) is 0. The summed E-state index contributed by atoms with van der Waals surface area (Å²) in [5.74, 6) is -0.373. The summed E-state index contributed by atoms with van der Waals surface area (Å²) in [5.41, 5.74) is 0.752. The minimum Gasteiger partial charge on any atom is -0.508 e. The van der Waals surface area contributed by atoms with E-state index >= 15 is 0 Å². The second kappa shape index (κ2) is 6.87. The third-order valence-corrected chi connectivity index (χ3v) is 3.76. The first kappa shape index (κ1) is 14.3. The van der Waals surface area contributed by atoms with Crippen LogP contribution < -0.4 is 5.32 Å². The Kier molecular flexibility index (Phi) is 5.16. The summed E-state index contributed by atoms with van der Waals surface area (Å²) in [6.45, 7) is 6.50. The highest BCUT2D eigenvalue weighted by Gasteiger charge is 2.12. The number of halogens is 1. The molecule has 0 amide bonds. The lowest BCUT2D eigenvalue weighted by atomic mass is 10.1. The van der Waals surface area contributed by atoms with E-state index in [0.29, 0.717) is 0 Å². The number of likely N-dealkylation sites (tertiary alicyclic amines) is 1. The van der Waals surface area contributed by atoms with E-state index in [1.165, 1.54) is 32.0 Å². The molecule has 0 aromatic heterocycles. The van der Waals surface area contributed by atoms with Gasteiger partial charge in [0.25, 0.3) is 0 Å². The Bertz CT molecular complexity index is 405. The number of nitrogens with zero attached hydrogens (tertiary/aromatic N) is 1. The molecule has 0 bridgehead atoms. The molecule has 3 nitrogen and oxygen atoms in total. The van der Waals surface area contributed by atoms with Gasteiger partial charge in [-0.15, -0.1) is 0 Å². The third-order valence-electron chi connectivity index (χ3n) is 3.76. The van der Waals surface area contributed by atoms with Gasteiger partial charge in [0.2, 0.25) is 0 Å². The van der Waals surface area contributed by atoms with Gasteiger partial charge in [0.05, 0.1) is 0 Å². The Morgan fingerprint density at radius 3 is 2.79 bits per heavy atom. The Labute approximate surface area is 114 Å². The van der Waals surface area contributed by atoms with Crippen LogP contribution in [0.15, 0.2) is 18.2 Å². The van der Waals surface area contributed by atoms with Gasteiger partial charge in [-0.25, -0.2) is 4.39 Å². The standard InChI is InChI=1S/C15H23FN2O/c1-12(14-6-5-13(16)11-15(14)19)17-7-4-10-18-8-2-3-9-18/h5-6,11-12,17,19H,2-4,7-10H2,1H3. The lowest BCUT2D eigenvalue weighted by Crippen LogP contribution is -2.26. The maximum Gasteiger partial charge on any atom is 0.126 e. The maximum absolute atomic E-state index is 12.9. The number of phenolic OH excluding ortho intramolecular Hbond substituents is 1. The summed E-state index contributed by atoms with van der Waals surface area (Å²) >= 11 is 0. The van der Waals surface area contributed by atoms with E-state index in [-0.39, 0.29) is 11.8 Å². The molecule has 1 fully saturated rings. The van der Waals surface area contributed by atoms with Crippen molar-refractivity contribution in [2.75, 3.05) is 26.2 Å². The van der Waals surface area contributed by atoms with Crippen molar-refractivity contribution in [3.05, 3.63) is 29.6 Å². The van der Waals surface area contributed by atoms with E-state index in [2.05, 4.69) is 10.2 Å². The molecule has 0 spiro atoms. The van der Waals surface area contributed by atoms with Crippen molar-refractivity contribution >= 4 is 0 Å². The Morgan fingerprint density at radius 2 is 2.11 bits per heavy atom. The highest BCUT2D eigenvalue weighted by atomic mass is 19.1. The van der Waals surface area contributed by atoms with Gasteiger partial charge in [0.1, 0.15) is 11.6 Å². The second-order valence-corrected chi connectivity index (χ2v) is 5.28. The summed E-state index contributed by atoms with van der Waals surface area (Å²) in [6.07, 6.45) is 3.76. The second-order valence-electron chi connectivity index (χ2n) is 5.28. The zero-order chi connectivity index (χ0) is 13.7. The van der Waals surface area contributed by atoms with Crippen molar-refractivity contribution < 1.29 is 9.50 Å². The number of hydrogen-bond acceptors (Lipinski definition) is 3. The zero-order valence-corrected chi connectivity index (χ0v) is 11.5. The molecule has 1 aromatic carbocycles. The van der Waals surface area contributed by atoms with E-state index in [9.17, 15) is 9.50 Å². The molecule has 1 aromatic rings. The summed E-state index contributed by atoms with van der Waals surface area (Å²) in [4.78, 5) is 2.49. The first-order chi connectivity index (χ1) is 9.16. The van der Waals surface area contributed by atoms with Crippen LogP contribution >= 0.6 is 0 Å². The SMILES string of the molecule is CC(NCCCN1CCCC1)c1ccc(F)cc1O. The number of rotatable bonds is 6. The lowest BCUT2D eigenvalue weighted by Gasteiger charge is -2.18. The van der Waals surface area contributed by atoms with Crippen LogP contribution in [0.1, 0.15) is 37.8 Å². The van der Waals surface area contributed by atoms with Crippen molar-refractivity contribution in [3.8, 4) is 5.75 Å². The van der Waals surface area contributed by atoms with Gasteiger partial charge in [-0.1, -0.05) is 6.07 Å². The molecule has 1 heterocycles. The molecule has 1 aliphatic rings. The molecule has 0 saturated carbocycles. The minimum absolute atomic E-state index is 0.0274. The van der Waals surface area contributed by atoms with Crippen LogP contribution in [0.2, 0.25) is 0 Å². The van der Waals surface area contributed by atoms with E-state index in [4.69, 9.17) is 0 Å². The Balaban J connectivity index is 1.72. The highest BCUT2D eigenvalue weighted by molar-refractivity contribution is 5.34. The fourth-order valence-electron chi connectivity index (χ4n) is 2.62. The number of benzene rings is 1. The van der Waals surface area contributed by atoms with Crippen molar-refractivity contribution in [3.63, 3.8) is 0 Å². The molecule has 4 heteroatoms. The molecule has 0 aliphatic carbocycles. The van der Waals surface area contributed by atoms with Gasteiger partial charge < -0.3 is 15.3 Å². The molecule has 1 atom stereocenters. The van der Waals surface area contributed by atoms with Crippen molar-refractivity contribution in [1.82, 2.24) is 10.2 Å². The van der Waals surface area contributed by atoms with Gasteiger partial charge in [-0.05, 0) is 58.4 Å². The largest absolute Gasteiger partial charge is 0.508 e. The van der Waals surface area contributed by atoms with Crippen LogP contribution in [0.25, 0.3) is 0 Å². The highest BCUT2D eigenvalue weighted by Crippen LogP contribution is 2.24. The molecule has 2 N–H and O–H groups in total. The predicted molar refractivity (Wildman–Crippen MR) is 74.8 cm³/mol. The van der Waals surface area contributed by atoms with E-state index in [1.54, 1.807) is 6.07 Å². The molecule has 2 rings (SSSR count). The van der Waals surface area contributed by atoms with Crippen LogP contribution in [-0.2, 0) is 0 Å². The van der Waals surface area contributed by atoms with Gasteiger partial charge >= 0.3 is 0 Å². The number of hydrogen-bond donors (Lipinski definition) is 2. The van der Waals surface area contributed by atoms with Crippen molar-refractivity contribution in [2.45, 2.75) is 32.2 Å². The molecule has 0 radical (unpaired) electrons. The van der Waals surface area contributed by atoms with Crippen LogP contribution in [-0.4, -0.2) is 36.2 Å². The molecule has 1 saturated heterocycles. The molecular formula is C15H23FN2O. The van der Waals surface area contributed by atoms with E-state index in [1.807, 2.05) is 6.92 Å².